The summed E-state index contributed by atoms with van der Waals surface area (Å²) in [7, 11) is 0. The highest BCUT2D eigenvalue weighted by Crippen LogP contribution is 2.32. The number of hydrogen-bond acceptors (Lipinski definition) is 4. The molecule has 90 valence electrons. The van der Waals surface area contributed by atoms with Gasteiger partial charge in [-0.25, -0.2) is 0 Å². The van der Waals surface area contributed by atoms with E-state index in [0.29, 0.717) is 0 Å². The topological polar surface area (TPSA) is 51.8 Å². The van der Waals surface area contributed by atoms with E-state index in [1.165, 1.54) is 0 Å². The average molecular weight is 320 g/mol. The lowest BCUT2D eigenvalue weighted by Gasteiger charge is -2.13. The summed E-state index contributed by atoms with van der Waals surface area (Å²) in [5.41, 5.74) is 10.2. The van der Waals surface area contributed by atoms with Crippen LogP contribution in [-0.4, -0.2) is 9.97 Å². The Labute approximate surface area is 117 Å². The van der Waals surface area contributed by atoms with Gasteiger partial charge in [0.2, 0.25) is 0 Å². The molecule has 0 saturated heterocycles. The number of aromatic nitrogens is 2. The van der Waals surface area contributed by atoms with Crippen molar-refractivity contribution in [2.24, 2.45) is 5.73 Å². The van der Waals surface area contributed by atoms with Crippen molar-refractivity contribution in [3.8, 4) is 0 Å². The molecule has 0 radical (unpaired) electrons. The van der Waals surface area contributed by atoms with E-state index in [2.05, 4.69) is 31.3 Å². The maximum Gasteiger partial charge on any atom is 0.0937 e. The molecule has 0 saturated carbocycles. The van der Waals surface area contributed by atoms with Gasteiger partial charge in [0.15, 0.2) is 0 Å². The molecule has 3 rings (SSSR count). The highest BCUT2D eigenvalue weighted by molar-refractivity contribution is 9.10. The van der Waals surface area contributed by atoms with E-state index in [4.69, 9.17) is 5.73 Å². The van der Waals surface area contributed by atoms with Crippen molar-refractivity contribution in [2.75, 3.05) is 0 Å². The Bertz CT molecular complexity index is 690. The summed E-state index contributed by atoms with van der Waals surface area (Å²) in [6.45, 7) is 0. The van der Waals surface area contributed by atoms with Crippen molar-refractivity contribution in [3.63, 3.8) is 0 Å². The van der Waals surface area contributed by atoms with Crippen LogP contribution in [0.25, 0.3) is 11.0 Å². The first-order chi connectivity index (χ1) is 8.77. The zero-order valence-corrected chi connectivity index (χ0v) is 11.8. The Morgan fingerprint density at radius 3 is 2.72 bits per heavy atom. The number of fused-ring (bicyclic) bond motifs is 1. The van der Waals surface area contributed by atoms with E-state index in [9.17, 15) is 0 Å². The summed E-state index contributed by atoms with van der Waals surface area (Å²) >= 11 is 5.15. The second kappa shape index (κ2) is 4.76. The number of thiophene rings is 1. The van der Waals surface area contributed by atoms with E-state index in [0.717, 1.165) is 26.6 Å². The standard InChI is InChI=1S/C13H10BrN3S/c14-10-7-18-6-9(10)12(15)8-2-1-3-11-13(8)17-5-4-16-11/h1-7,12H,15H2. The molecule has 1 atom stereocenters. The van der Waals surface area contributed by atoms with Crippen LogP contribution in [0.4, 0.5) is 0 Å². The normalized spacial score (nSPS) is 12.8. The van der Waals surface area contributed by atoms with Crippen LogP contribution in [0.15, 0.2) is 45.8 Å². The summed E-state index contributed by atoms with van der Waals surface area (Å²) in [6.07, 6.45) is 3.39. The molecular weight excluding hydrogens is 310 g/mol. The number of para-hydroxylation sites is 1. The van der Waals surface area contributed by atoms with Gasteiger partial charge in [0.05, 0.1) is 17.1 Å². The fraction of sp³-hybridized carbons (Fsp3) is 0.0769. The summed E-state index contributed by atoms with van der Waals surface area (Å²) in [6, 6.07) is 5.73. The molecule has 2 heterocycles. The number of rotatable bonds is 2. The predicted octanol–water partition coefficient (Wildman–Crippen LogP) is 3.50. The minimum Gasteiger partial charge on any atom is -0.320 e. The number of nitrogens with two attached hydrogens (primary N) is 1. The van der Waals surface area contributed by atoms with Crippen LogP contribution in [-0.2, 0) is 0 Å². The van der Waals surface area contributed by atoms with E-state index in [1.54, 1.807) is 23.7 Å². The van der Waals surface area contributed by atoms with Gasteiger partial charge in [-0.2, -0.15) is 11.3 Å². The molecule has 0 amide bonds. The van der Waals surface area contributed by atoms with Crippen molar-refractivity contribution in [3.05, 3.63) is 57.0 Å². The second-order valence-electron chi connectivity index (χ2n) is 3.92. The van der Waals surface area contributed by atoms with Gasteiger partial charge >= 0.3 is 0 Å². The molecule has 0 bridgehead atoms. The number of hydrogen-bond donors (Lipinski definition) is 1. The first-order valence-electron chi connectivity index (χ1n) is 5.44. The molecule has 2 N–H and O–H groups in total. The maximum absolute atomic E-state index is 6.34. The van der Waals surface area contributed by atoms with Gasteiger partial charge in [0, 0.05) is 27.8 Å². The lowest BCUT2D eigenvalue weighted by atomic mass is 10.0. The van der Waals surface area contributed by atoms with E-state index < -0.39 is 0 Å². The summed E-state index contributed by atoms with van der Waals surface area (Å²) in [5.74, 6) is 0. The third-order valence-corrected chi connectivity index (χ3v) is 4.59. The molecule has 3 aromatic rings. The molecule has 0 aliphatic heterocycles. The number of benzene rings is 1. The van der Waals surface area contributed by atoms with Gasteiger partial charge in [0.1, 0.15) is 0 Å². The SMILES string of the molecule is NC(c1cscc1Br)c1cccc2nccnc12. The van der Waals surface area contributed by atoms with Gasteiger partial charge in [-0.15, -0.1) is 0 Å². The van der Waals surface area contributed by atoms with Crippen molar-refractivity contribution in [1.82, 2.24) is 9.97 Å². The van der Waals surface area contributed by atoms with Crippen LogP contribution in [0.5, 0.6) is 0 Å². The molecule has 3 nitrogen and oxygen atoms in total. The molecular formula is C13H10BrN3S. The van der Waals surface area contributed by atoms with Gasteiger partial charge in [0.25, 0.3) is 0 Å². The van der Waals surface area contributed by atoms with Crippen LogP contribution >= 0.6 is 27.3 Å². The first kappa shape index (κ1) is 11.8. The fourth-order valence-electron chi connectivity index (χ4n) is 1.95. The van der Waals surface area contributed by atoms with E-state index in [1.807, 2.05) is 23.6 Å². The highest BCUT2D eigenvalue weighted by atomic mass is 79.9. The molecule has 0 fully saturated rings. The van der Waals surface area contributed by atoms with Crippen LogP contribution in [0.1, 0.15) is 17.2 Å². The third kappa shape index (κ3) is 1.94. The first-order valence-corrected chi connectivity index (χ1v) is 7.18. The summed E-state index contributed by atoms with van der Waals surface area (Å²) in [5, 5.41) is 4.09. The van der Waals surface area contributed by atoms with E-state index in [-0.39, 0.29) is 6.04 Å². The van der Waals surface area contributed by atoms with Gasteiger partial charge < -0.3 is 5.73 Å². The Morgan fingerprint density at radius 1 is 1.11 bits per heavy atom. The lowest BCUT2D eigenvalue weighted by molar-refractivity contribution is 0.877. The Hall–Kier alpha value is -1.30. The predicted molar refractivity (Wildman–Crippen MR) is 77.6 cm³/mol. The molecule has 0 aliphatic rings. The Morgan fingerprint density at radius 2 is 1.94 bits per heavy atom. The molecule has 18 heavy (non-hydrogen) atoms. The fourth-order valence-corrected chi connectivity index (χ4v) is 3.53. The number of nitrogens with zero attached hydrogens (tertiary/aromatic N) is 2. The highest BCUT2D eigenvalue weighted by Gasteiger charge is 2.16. The van der Waals surface area contributed by atoms with E-state index >= 15 is 0 Å². The van der Waals surface area contributed by atoms with Gasteiger partial charge in [-0.3, -0.25) is 9.97 Å². The van der Waals surface area contributed by atoms with Crippen LogP contribution in [0, 0.1) is 0 Å². The molecule has 0 aliphatic carbocycles. The molecule has 1 aromatic carbocycles. The quantitative estimate of drug-likeness (QED) is 0.786. The lowest BCUT2D eigenvalue weighted by Crippen LogP contribution is -2.12. The van der Waals surface area contributed by atoms with Crippen LogP contribution in [0.2, 0.25) is 0 Å². The molecule has 5 heteroatoms. The minimum absolute atomic E-state index is 0.189. The summed E-state index contributed by atoms with van der Waals surface area (Å²) < 4.78 is 1.04. The largest absolute Gasteiger partial charge is 0.320 e. The smallest absolute Gasteiger partial charge is 0.0937 e. The average Bonchev–Trinajstić information content (AvgIpc) is 2.83. The Balaban J connectivity index is 2.18. The van der Waals surface area contributed by atoms with Crippen LogP contribution < -0.4 is 5.73 Å². The van der Waals surface area contributed by atoms with Crippen molar-refractivity contribution >= 4 is 38.3 Å². The zero-order chi connectivity index (χ0) is 12.5. The second-order valence-corrected chi connectivity index (χ2v) is 5.52. The third-order valence-electron chi connectivity index (χ3n) is 2.84. The number of halogens is 1. The maximum atomic E-state index is 6.34. The minimum atomic E-state index is -0.189. The van der Waals surface area contributed by atoms with Gasteiger partial charge in [-0.1, -0.05) is 12.1 Å². The zero-order valence-electron chi connectivity index (χ0n) is 9.38. The van der Waals surface area contributed by atoms with Crippen molar-refractivity contribution in [1.29, 1.82) is 0 Å². The summed E-state index contributed by atoms with van der Waals surface area (Å²) in [4.78, 5) is 8.69. The molecule has 0 spiro atoms. The molecule has 2 aromatic heterocycles. The monoisotopic (exact) mass is 319 g/mol. The van der Waals surface area contributed by atoms with Crippen molar-refractivity contribution in [2.45, 2.75) is 6.04 Å². The molecule has 1 unspecified atom stereocenters. The van der Waals surface area contributed by atoms with Crippen molar-refractivity contribution < 1.29 is 0 Å². The van der Waals surface area contributed by atoms with Gasteiger partial charge in [-0.05, 0) is 32.9 Å². The van der Waals surface area contributed by atoms with Crippen LogP contribution in [0.3, 0.4) is 0 Å². The Kier molecular flexibility index (Phi) is 3.11.